The lowest BCUT2D eigenvalue weighted by molar-refractivity contribution is -0.114. The van der Waals surface area contributed by atoms with Crippen molar-refractivity contribution in [3.05, 3.63) is 58.9 Å². The molecular weight excluding hydrogens is 388 g/mol. The molecule has 2 amide bonds. The summed E-state index contributed by atoms with van der Waals surface area (Å²) in [6, 6.07) is 14.1. The third-order valence-corrected chi connectivity index (χ3v) is 5.07. The average molecular weight is 410 g/mol. The molecule has 7 nitrogen and oxygen atoms in total. The summed E-state index contributed by atoms with van der Waals surface area (Å²) < 4.78 is 1.63. The topological polar surface area (TPSA) is 93.1 Å². The van der Waals surface area contributed by atoms with E-state index in [1.54, 1.807) is 41.0 Å². The Kier molecular flexibility index (Phi) is 6.66. The molecule has 0 aliphatic heterocycles. The van der Waals surface area contributed by atoms with E-state index in [9.17, 15) is 14.4 Å². The second-order valence-corrected chi connectivity index (χ2v) is 7.41. The summed E-state index contributed by atoms with van der Waals surface area (Å²) in [5.41, 5.74) is 1.83. The molecule has 0 bridgehead atoms. The lowest BCUT2D eigenvalue weighted by Gasteiger charge is -2.12. The van der Waals surface area contributed by atoms with Gasteiger partial charge in [-0.05, 0) is 42.8 Å². The summed E-state index contributed by atoms with van der Waals surface area (Å²) in [4.78, 5) is 40.8. The van der Waals surface area contributed by atoms with Gasteiger partial charge in [-0.2, -0.15) is 0 Å². The van der Waals surface area contributed by atoms with E-state index in [1.165, 1.54) is 18.7 Å². The second kappa shape index (κ2) is 9.38. The molecule has 3 rings (SSSR count). The standard InChI is InChI=1S/C21H22N4O3S/c1-3-12-25-20(28)17-6-4-5-7-18(17)24-21(25)29-13-19(27)23-16-10-8-15(9-11-16)22-14(2)26/h4-11H,3,12-13H2,1-2H3,(H,22,26)(H,23,27). The molecule has 0 radical (unpaired) electrons. The lowest BCUT2D eigenvalue weighted by atomic mass is 10.2. The van der Waals surface area contributed by atoms with E-state index in [0.29, 0.717) is 34.0 Å². The molecule has 0 aliphatic carbocycles. The Morgan fingerprint density at radius 1 is 1.03 bits per heavy atom. The van der Waals surface area contributed by atoms with Gasteiger partial charge in [0, 0.05) is 24.8 Å². The summed E-state index contributed by atoms with van der Waals surface area (Å²) in [6.45, 7) is 3.98. The molecule has 0 aliphatic rings. The Hall–Kier alpha value is -3.13. The van der Waals surface area contributed by atoms with Crippen LogP contribution in [0.25, 0.3) is 10.9 Å². The number of carbonyl (C=O) groups excluding carboxylic acids is 2. The number of para-hydroxylation sites is 1. The highest BCUT2D eigenvalue weighted by molar-refractivity contribution is 7.99. The summed E-state index contributed by atoms with van der Waals surface area (Å²) in [5.74, 6) is -0.228. The first-order chi connectivity index (χ1) is 14.0. The number of amides is 2. The predicted molar refractivity (Wildman–Crippen MR) is 116 cm³/mol. The van der Waals surface area contributed by atoms with Gasteiger partial charge < -0.3 is 10.6 Å². The molecule has 0 spiro atoms. The van der Waals surface area contributed by atoms with E-state index in [1.807, 2.05) is 19.1 Å². The largest absolute Gasteiger partial charge is 0.326 e. The summed E-state index contributed by atoms with van der Waals surface area (Å²) in [5, 5.41) is 6.59. The Balaban J connectivity index is 1.71. The minimum atomic E-state index is -0.201. The molecule has 0 fully saturated rings. The monoisotopic (exact) mass is 410 g/mol. The first-order valence-electron chi connectivity index (χ1n) is 9.28. The van der Waals surface area contributed by atoms with Crippen molar-refractivity contribution >= 4 is 45.9 Å². The molecule has 2 aromatic carbocycles. The number of thioether (sulfide) groups is 1. The van der Waals surface area contributed by atoms with Gasteiger partial charge in [0.15, 0.2) is 5.16 Å². The van der Waals surface area contributed by atoms with Crippen LogP contribution in [-0.4, -0.2) is 27.1 Å². The molecular formula is C21H22N4O3S. The molecule has 2 N–H and O–H groups in total. The smallest absolute Gasteiger partial charge is 0.262 e. The van der Waals surface area contributed by atoms with Crippen LogP contribution in [0.2, 0.25) is 0 Å². The number of hydrogen-bond donors (Lipinski definition) is 2. The zero-order valence-electron chi connectivity index (χ0n) is 16.3. The minimum absolute atomic E-state index is 0.0890. The number of aromatic nitrogens is 2. The van der Waals surface area contributed by atoms with Crippen LogP contribution < -0.4 is 16.2 Å². The van der Waals surface area contributed by atoms with Crippen LogP contribution in [0.1, 0.15) is 20.3 Å². The van der Waals surface area contributed by atoms with Gasteiger partial charge in [0.25, 0.3) is 5.56 Å². The number of fused-ring (bicyclic) bond motifs is 1. The highest BCUT2D eigenvalue weighted by Gasteiger charge is 2.13. The van der Waals surface area contributed by atoms with Gasteiger partial charge >= 0.3 is 0 Å². The fraction of sp³-hybridized carbons (Fsp3) is 0.238. The molecule has 0 saturated heterocycles. The zero-order chi connectivity index (χ0) is 20.8. The average Bonchev–Trinajstić information content (AvgIpc) is 2.70. The quantitative estimate of drug-likeness (QED) is 0.459. The molecule has 3 aromatic rings. The van der Waals surface area contributed by atoms with E-state index in [2.05, 4.69) is 15.6 Å². The van der Waals surface area contributed by atoms with Crippen molar-refractivity contribution in [2.45, 2.75) is 32.0 Å². The van der Waals surface area contributed by atoms with Crippen molar-refractivity contribution in [3.8, 4) is 0 Å². The number of rotatable bonds is 7. The Morgan fingerprint density at radius 3 is 2.34 bits per heavy atom. The van der Waals surface area contributed by atoms with Crippen molar-refractivity contribution in [2.24, 2.45) is 0 Å². The van der Waals surface area contributed by atoms with Crippen LogP contribution in [0.3, 0.4) is 0 Å². The van der Waals surface area contributed by atoms with Crippen molar-refractivity contribution in [1.82, 2.24) is 9.55 Å². The molecule has 0 saturated carbocycles. The normalized spacial score (nSPS) is 10.7. The third-order valence-electron chi connectivity index (χ3n) is 4.10. The van der Waals surface area contributed by atoms with Gasteiger partial charge in [-0.3, -0.25) is 19.0 Å². The fourth-order valence-electron chi connectivity index (χ4n) is 2.85. The molecule has 150 valence electrons. The molecule has 0 unspecified atom stereocenters. The second-order valence-electron chi connectivity index (χ2n) is 6.46. The first kappa shape index (κ1) is 20.6. The fourth-order valence-corrected chi connectivity index (χ4v) is 3.67. The van der Waals surface area contributed by atoms with Crippen molar-refractivity contribution < 1.29 is 9.59 Å². The molecule has 1 aromatic heterocycles. The van der Waals surface area contributed by atoms with Crippen molar-refractivity contribution in [1.29, 1.82) is 0 Å². The van der Waals surface area contributed by atoms with E-state index < -0.39 is 0 Å². The number of benzene rings is 2. The van der Waals surface area contributed by atoms with Gasteiger partial charge in [-0.15, -0.1) is 0 Å². The highest BCUT2D eigenvalue weighted by atomic mass is 32.2. The minimum Gasteiger partial charge on any atom is -0.326 e. The van der Waals surface area contributed by atoms with Gasteiger partial charge in [-0.1, -0.05) is 30.8 Å². The van der Waals surface area contributed by atoms with E-state index >= 15 is 0 Å². The summed E-state index contributed by atoms with van der Waals surface area (Å²) in [6.07, 6.45) is 0.792. The van der Waals surface area contributed by atoms with E-state index in [-0.39, 0.29) is 23.1 Å². The van der Waals surface area contributed by atoms with Crippen molar-refractivity contribution in [3.63, 3.8) is 0 Å². The summed E-state index contributed by atoms with van der Waals surface area (Å²) >= 11 is 1.24. The maximum Gasteiger partial charge on any atom is 0.262 e. The van der Waals surface area contributed by atoms with Crippen LogP contribution in [0.5, 0.6) is 0 Å². The van der Waals surface area contributed by atoms with E-state index in [4.69, 9.17) is 0 Å². The van der Waals surface area contributed by atoms with Crippen LogP contribution in [-0.2, 0) is 16.1 Å². The predicted octanol–water partition coefficient (Wildman–Crippen LogP) is 3.50. The number of carbonyl (C=O) groups is 2. The Morgan fingerprint density at radius 2 is 1.69 bits per heavy atom. The molecule has 8 heteroatoms. The zero-order valence-corrected chi connectivity index (χ0v) is 17.1. The highest BCUT2D eigenvalue weighted by Crippen LogP contribution is 2.19. The number of anilines is 2. The van der Waals surface area contributed by atoms with Gasteiger partial charge in [0.05, 0.1) is 16.7 Å². The number of hydrogen-bond acceptors (Lipinski definition) is 5. The molecule has 0 atom stereocenters. The maximum absolute atomic E-state index is 12.8. The van der Waals surface area contributed by atoms with Crippen LogP contribution in [0, 0.1) is 0 Å². The van der Waals surface area contributed by atoms with Gasteiger partial charge in [0.2, 0.25) is 11.8 Å². The van der Waals surface area contributed by atoms with Crippen LogP contribution >= 0.6 is 11.8 Å². The number of nitrogens with zero attached hydrogens (tertiary/aromatic N) is 2. The van der Waals surface area contributed by atoms with Crippen LogP contribution in [0.4, 0.5) is 11.4 Å². The SMILES string of the molecule is CCCn1c(SCC(=O)Nc2ccc(NC(C)=O)cc2)nc2ccccc2c1=O. The van der Waals surface area contributed by atoms with E-state index in [0.717, 1.165) is 6.42 Å². The van der Waals surface area contributed by atoms with Gasteiger partial charge in [-0.25, -0.2) is 4.98 Å². The number of nitrogens with one attached hydrogen (secondary N) is 2. The van der Waals surface area contributed by atoms with Crippen molar-refractivity contribution in [2.75, 3.05) is 16.4 Å². The first-order valence-corrected chi connectivity index (χ1v) is 10.3. The Bertz CT molecular complexity index is 1090. The lowest BCUT2D eigenvalue weighted by Crippen LogP contribution is -2.24. The summed E-state index contributed by atoms with van der Waals surface area (Å²) in [7, 11) is 0. The Labute approximate surface area is 172 Å². The third kappa shape index (κ3) is 5.23. The maximum atomic E-state index is 12.8. The van der Waals surface area contributed by atoms with Crippen LogP contribution in [0.15, 0.2) is 58.5 Å². The molecule has 1 heterocycles. The van der Waals surface area contributed by atoms with Gasteiger partial charge in [0.1, 0.15) is 0 Å². The molecule has 29 heavy (non-hydrogen) atoms.